The standard InChI is InChI=1S/C22H28N4O3/c1-22(2)10-18(25-20(27)14-28-13-16-4-3-9-29-16)17-12-24-21(26-19(17)11-22)15-5-7-23-8-6-15/h5-8,12,16,18H,3-4,9-11,13-14H2,1-2H3,(H,25,27). The van der Waals surface area contributed by atoms with Crippen molar-refractivity contribution in [3.8, 4) is 11.4 Å². The Balaban J connectivity index is 1.44. The molecule has 1 N–H and O–H groups in total. The van der Waals surface area contributed by atoms with Crippen molar-refractivity contribution >= 4 is 5.91 Å². The number of nitrogens with one attached hydrogen (secondary N) is 1. The summed E-state index contributed by atoms with van der Waals surface area (Å²) in [6.45, 7) is 5.71. The van der Waals surface area contributed by atoms with Crippen LogP contribution < -0.4 is 5.32 Å². The highest BCUT2D eigenvalue weighted by Gasteiger charge is 2.34. The highest BCUT2D eigenvalue weighted by Crippen LogP contribution is 2.40. The number of fused-ring (bicyclic) bond motifs is 1. The zero-order valence-corrected chi connectivity index (χ0v) is 17.1. The molecule has 1 amide bonds. The Morgan fingerprint density at radius 1 is 1.34 bits per heavy atom. The molecule has 2 atom stereocenters. The second-order valence-electron chi connectivity index (χ2n) is 8.65. The van der Waals surface area contributed by atoms with Crippen molar-refractivity contribution in [3.63, 3.8) is 0 Å². The number of ether oxygens (including phenoxy) is 2. The van der Waals surface area contributed by atoms with E-state index < -0.39 is 0 Å². The predicted molar refractivity (Wildman–Crippen MR) is 108 cm³/mol. The quantitative estimate of drug-likeness (QED) is 0.808. The molecule has 1 aliphatic carbocycles. The lowest BCUT2D eigenvalue weighted by molar-refractivity contribution is -0.127. The number of amides is 1. The molecule has 29 heavy (non-hydrogen) atoms. The molecule has 4 rings (SSSR count). The molecule has 1 aliphatic heterocycles. The minimum atomic E-state index is -0.116. The van der Waals surface area contributed by atoms with Crippen molar-refractivity contribution in [2.45, 2.75) is 51.7 Å². The molecule has 1 fully saturated rings. The van der Waals surface area contributed by atoms with Gasteiger partial charge in [0.05, 0.1) is 24.4 Å². The molecule has 0 spiro atoms. The fourth-order valence-electron chi connectivity index (χ4n) is 4.11. The van der Waals surface area contributed by atoms with Crippen LogP contribution in [-0.2, 0) is 20.7 Å². The van der Waals surface area contributed by atoms with Crippen molar-refractivity contribution in [3.05, 3.63) is 42.0 Å². The number of carbonyl (C=O) groups is 1. The van der Waals surface area contributed by atoms with Gasteiger partial charge in [-0.05, 0) is 43.2 Å². The minimum absolute atomic E-state index is 0.0351. The lowest BCUT2D eigenvalue weighted by atomic mass is 9.74. The summed E-state index contributed by atoms with van der Waals surface area (Å²) < 4.78 is 11.1. The second-order valence-corrected chi connectivity index (χ2v) is 8.65. The number of hydrogen-bond acceptors (Lipinski definition) is 6. The van der Waals surface area contributed by atoms with Crippen LogP contribution in [0.25, 0.3) is 11.4 Å². The first-order chi connectivity index (χ1) is 14.0. The van der Waals surface area contributed by atoms with Gasteiger partial charge < -0.3 is 14.8 Å². The van der Waals surface area contributed by atoms with Gasteiger partial charge in [-0.25, -0.2) is 9.97 Å². The molecule has 2 aromatic rings. The lowest BCUT2D eigenvalue weighted by Gasteiger charge is -2.36. The maximum atomic E-state index is 12.5. The van der Waals surface area contributed by atoms with Crippen LogP contribution in [0.15, 0.2) is 30.7 Å². The summed E-state index contributed by atoms with van der Waals surface area (Å²) in [6, 6.07) is 3.69. The summed E-state index contributed by atoms with van der Waals surface area (Å²) in [4.78, 5) is 25.9. The molecule has 7 heteroatoms. The van der Waals surface area contributed by atoms with Crippen molar-refractivity contribution in [1.29, 1.82) is 0 Å². The molecule has 0 bridgehead atoms. The Morgan fingerprint density at radius 3 is 2.93 bits per heavy atom. The third-order valence-electron chi connectivity index (χ3n) is 5.51. The average molecular weight is 396 g/mol. The third kappa shape index (κ3) is 4.97. The molecule has 2 aliphatic rings. The van der Waals surface area contributed by atoms with Gasteiger partial charge in [-0.2, -0.15) is 0 Å². The highest BCUT2D eigenvalue weighted by molar-refractivity contribution is 5.77. The van der Waals surface area contributed by atoms with Gasteiger partial charge in [-0.1, -0.05) is 13.8 Å². The number of nitrogens with zero attached hydrogens (tertiary/aromatic N) is 3. The maximum absolute atomic E-state index is 12.5. The summed E-state index contributed by atoms with van der Waals surface area (Å²) in [5.74, 6) is 0.573. The van der Waals surface area contributed by atoms with E-state index in [1.807, 2.05) is 18.3 Å². The first-order valence-corrected chi connectivity index (χ1v) is 10.3. The Morgan fingerprint density at radius 2 is 2.17 bits per heavy atom. The van der Waals surface area contributed by atoms with E-state index in [1.165, 1.54) is 0 Å². The van der Waals surface area contributed by atoms with Crippen LogP contribution in [0, 0.1) is 5.41 Å². The molecule has 2 unspecified atom stereocenters. The highest BCUT2D eigenvalue weighted by atomic mass is 16.5. The average Bonchev–Trinajstić information content (AvgIpc) is 3.21. The minimum Gasteiger partial charge on any atom is -0.376 e. The maximum Gasteiger partial charge on any atom is 0.246 e. The van der Waals surface area contributed by atoms with Gasteiger partial charge in [0.15, 0.2) is 5.82 Å². The third-order valence-corrected chi connectivity index (χ3v) is 5.51. The molecule has 7 nitrogen and oxygen atoms in total. The number of aromatic nitrogens is 3. The van der Waals surface area contributed by atoms with Crippen LogP contribution in [0.1, 0.15) is 50.4 Å². The van der Waals surface area contributed by atoms with Gasteiger partial charge in [-0.3, -0.25) is 9.78 Å². The lowest BCUT2D eigenvalue weighted by Crippen LogP contribution is -2.39. The predicted octanol–water partition coefficient (Wildman–Crippen LogP) is 2.86. The van der Waals surface area contributed by atoms with Crippen molar-refractivity contribution in [2.75, 3.05) is 19.8 Å². The molecule has 0 radical (unpaired) electrons. The molecule has 0 aromatic carbocycles. The zero-order valence-electron chi connectivity index (χ0n) is 17.1. The van der Waals surface area contributed by atoms with E-state index in [0.717, 1.165) is 49.1 Å². The zero-order chi connectivity index (χ0) is 20.3. The normalized spacial score (nSPS) is 22.8. The molecule has 154 valence electrons. The van der Waals surface area contributed by atoms with Gasteiger partial charge in [0.2, 0.25) is 5.91 Å². The van der Waals surface area contributed by atoms with Crippen molar-refractivity contribution in [2.24, 2.45) is 5.41 Å². The van der Waals surface area contributed by atoms with E-state index >= 15 is 0 Å². The molecule has 0 saturated carbocycles. The van der Waals surface area contributed by atoms with E-state index in [-0.39, 0.29) is 30.1 Å². The van der Waals surface area contributed by atoms with E-state index in [9.17, 15) is 4.79 Å². The molecular formula is C22H28N4O3. The van der Waals surface area contributed by atoms with Crippen LogP contribution >= 0.6 is 0 Å². The van der Waals surface area contributed by atoms with Crippen molar-refractivity contribution in [1.82, 2.24) is 20.3 Å². The van der Waals surface area contributed by atoms with Gasteiger partial charge in [0, 0.05) is 36.3 Å². The molecular weight excluding hydrogens is 368 g/mol. The Hall–Kier alpha value is -2.38. The van der Waals surface area contributed by atoms with E-state index in [2.05, 4.69) is 29.1 Å². The van der Waals surface area contributed by atoms with Gasteiger partial charge in [0.25, 0.3) is 0 Å². The summed E-state index contributed by atoms with van der Waals surface area (Å²) in [7, 11) is 0. The SMILES string of the molecule is CC1(C)Cc2nc(-c3ccncc3)ncc2C(NC(=O)COCC2CCCO2)C1. The van der Waals surface area contributed by atoms with Gasteiger partial charge >= 0.3 is 0 Å². The summed E-state index contributed by atoms with van der Waals surface area (Å²) in [6.07, 6.45) is 9.21. The van der Waals surface area contributed by atoms with Crippen molar-refractivity contribution < 1.29 is 14.3 Å². The van der Waals surface area contributed by atoms with Crippen LogP contribution in [0.5, 0.6) is 0 Å². The number of rotatable bonds is 6. The van der Waals surface area contributed by atoms with Crippen LogP contribution in [0.3, 0.4) is 0 Å². The van der Waals surface area contributed by atoms with E-state index in [1.54, 1.807) is 12.4 Å². The number of pyridine rings is 1. The van der Waals surface area contributed by atoms with Gasteiger partial charge in [-0.15, -0.1) is 0 Å². The fourth-order valence-corrected chi connectivity index (χ4v) is 4.11. The second kappa shape index (κ2) is 8.55. The topological polar surface area (TPSA) is 86.2 Å². The Bertz CT molecular complexity index is 850. The number of carbonyl (C=O) groups excluding carboxylic acids is 1. The molecule has 2 aromatic heterocycles. The molecule has 3 heterocycles. The summed E-state index contributed by atoms with van der Waals surface area (Å²) >= 11 is 0. The largest absolute Gasteiger partial charge is 0.376 e. The monoisotopic (exact) mass is 396 g/mol. The number of hydrogen-bond donors (Lipinski definition) is 1. The van der Waals surface area contributed by atoms with E-state index in [0.29, 0.717) is 12.4 Å². The van der Waals surface area contributed by atoms with Crippen LogP contribution in [-0.4, -0.2) is 46.8 Å². The van der Waals surface area contributed by atoms with Crippen LogP contribution in [0.4, 0.5) is 0 Å². The summed E-state index contributed by atoms with van der Waals surface area (Å²) in [5, 5.41) is 3.12. The first kappa shape index (κ1) is 19.9. The Kier molecular flexibility index (Phi) is 5.87. The first-order valence-electron chi connectivity index (χ1n) is 10.3. The molecule has 1 saturated heterocycles. The summed E-state index contributed by atoms with van der Waals surface area (Å²) in [5.41, 5.74) is 2.96. The van der Waals surface area contributed by atoms with Gasteiger partial charge in [0.1, 0.15) is 6.61 Å². The smallest absolute Gasteiger partial charge is 0.246 e. The van der Waals surface area contributed by atoms with Crippen LogP contribution in [0.2, 0.25) is 0 Å². The fraction of sp³-hybridized carbons (Fsp3) is 0.545. The Labute approximate surface area is 171 Å². The van der Waals surface area contributed by atoms with E-state index in [4.69, 9.17) is 14.5 Å².